The van der Waals surface area contributed by atoms with Crippen molar-refractivity contribution in [2.45, 2.75) is 13.0 Å². The number of likely N-dealkylation sites (N-methyl/N-ethyl adjacent to an activating group) is 1. The van der Waals surface area contributed by atoms with Crippen LogP contribution in [0.4, 0.5) is 0 Å². The predicted molar refractivity (Wildman–Crippen MR) is 118 cm³/mol. The van der Waals surface area contributed by atoms with Crippen molar-refractivity contribution in [3.8, 4) is 0 Å². The summed E-state index contributed by atoms with van der Waals surface area (Å²) in [5.74, 6) is -1.49. The Morgan fingerprint density at radius 1 is 1.10 bits per heavy atom. The standard InChI is InChI=1S/C22H21ClN2O4S/c1-14(15-8-4-3-5-9-15)25(2)18(26)13-29-19(27)12-24-22(28)21-20(23)16-10-6-7-11-17(16)30-21/h3-11,14H,12-13H2,1-2H3,(H,24,28). The van der Waals surface area contributed by atoms with Crippen molar-refractivity contribution in [1.29, 1.82) is 0 Å². The van der Waals surface area contributed by atoms with Crippen LogP contribution >= 0.6 is 22.9 Å². The molecule has 1 aromatic heterocycles. The van der Waals surface area contributed by atoms with Gasteiger partial charge >= 0.3 is 5.97 Å². The number of hydrogen-bond donors (Lipinski definition) is 1. The van der Waals surface area contributed by atoms with Crippen LogP contribution in [-0.2, 0) is 14.3 Å². The first-order chi connectivity index (χ1) is 14.4. The Bertz CT molecular complexity index is 1070. The molecule has 0 aliphatic carbocycles. The summed E-state index contributed by atoms with van der Waals surface area (Å²) < 4.78 is 5.90. The SMILES string of the molecule is CC(c1ccccc1)N(C)C(=O)COC(=O)CNC(=O)c1sc2ccccc2c1Cl. The first-order valence-corrected chi connectivity index (χ1v) is 10.5. The van der Waals surface area contributed by atoms with E-state index < -0.39 is 18.5 Å². The molecule has 1 atom stereocenters. The number of ether oxygens (including phenoxy) is 1. The van der Waals surface area contributed by atoms with Crippen LogP contribution in [0.25, 0.3) is 10.1 Å². The Morgan fingerprint density at radius 2 is 1.77 bits per heavy atom. The molecule has 0 bridgehead atoms. The van der Waals surface area contributed by atoms with Gasteiger partial charge in [-0.25, -0.2) is 0 Å². The van der Waals surface area contributed by atoms with Gasteiger partial charge in [0, 0.05) is 17.1 Å². The van der Waals surface area contributed by atoms with E-state index >= 15 is 0 Å². The Balaban J connectivity index is 1.49. The molecule has 0 saturated carbocycles. The highest BCUT2D eigenvalue weighted by Gasteiger charge is 2.20. The fraction of sp³-hybridized carbons (Fsp3) is 0.227. The van der Waals surface area contributed by atoms with E-state index in [4.69, 9.17) is 16.3 Å². The average Bonchev–Trinajstić information content (AvgIpc) is 3.12. The molecule has 0 fully saturated rings. The van der Waals surface area contributed by atoms with Gasteiger partial charge in [0.25, 0.3) is 11.8 Å². The second-order valence-electron chi connectivity index (χ2n) is 6.68. The van der Waals surface area contributed by atoms with Crippen LogP contribution < -0.4 is 5.32 Å². The topological polar surface area (TPSA) is 75.7 Å². The highest BCUT2D eigenvalue weighted by atomic mass is 35.5. The van der Waals surface area contributed by atoms with E-state index in [9.17, 15) is 14.4 Å². The molecule has 30 heavy (non-hydrogen) atoms. The van der Waals surface area contributed by atoms with Crippen LogP contribution in [-0.4, -0.2) is 42.9 Å². The Morgan fingerprint density at radius 3 is 2.47 bits per heavy atom. The maximum absolute atomic E-state index is 12.4. The molecule has 0 saturated heterocycles. The van der Waals surface area contributed by atoms with E-state index in [1.165, 1.54) is 16.2 Å². The summed E-state index contributed by atoms with van der Waals surface area (Å²) >= 11 is 7.52. The van der Waals surface area contributed by atoms with Gasteiger partial charge in [-0.3, -0.25) is 14.4 Å². The summed E-state index contributed by atoms with van der Waals surface area (Å²) in [6.07, 6.45) is 0. The fourth-order valence-electron chi connectivity index (χ4n) is 2.86. The highest BCUT2D eigenvalue weighted by molar-refractivity contribution is 7.21. The van der Waals surface area contributed by atoms with E-state index in [0.29, 0.717) is 9.90 Å². The van der Waals surface area contributed by atoms with Crippen LogP contribution in [0.15, 0.2) is 54.6 Å². The quantitative estimate of drug-likeness (QED) is 0.558. The molecule has 0 aliphatic rings. The molecular weight excluding hydrogens is 424 g/mol. The molecule has 1 heterocycles. The zero-order valence-corrected chi connectivity index (χ0v) is 18.1. The lowest BCUT2D eigenvalue weighted by Crippen LogP contribution is -2.35. The number of carbonyl (C=O) groups is 3. The first kappa shape index (κ1) is 21.8. The second-order valence-corrected chi connectivity index (χ2v) is 8.11. The minimum atomic E-state index is -0.699. The fourth-order valence-corrected chi connectivity index (χ4v) is 4.29. The lowest BCUT2D eigenvalue weighted by Gasteiger charge is -2.25. The van der Waals surface area contributed by atoms with Gasteiger partial charge in [0.05, 0.1) is 11.1 Å². The molecule has 2 amide bonds. The molecule has 6 nitrogen and oxygen atoms in total. The third kappa shape index (κ3) is 4.98. The van der Waals surface area contributed by atoms with Gasteiger partial charge in [-0.2, -0.15) is 0 Å². The van der Waals surface area contributed by atoms with Gasteiger partial charge in [-0.15, -0.1) is 11.3 Å². The normalized spacial score (nSPS) is 11.7. The van der Waals surface area contributed by atoms with E-state index in [-0.39, 0.29) is 18.5 Å². The molecule has 8 heteroatoms. The number of nitrogens with one attached hydrogen (secondary N) is 1. The molecule has 0 aliphatic heterocycles. The van der Waals surface area contributed by atoms with E-state index in [1.54, 1.807) is 7.05 Å². The number of hydrogen-bond acceptors (Lipinski definition) is 5. The monoisotopic (exact) mass is 444 g/mol. The lowest BCUT2D eigenvalue weighted by molar-refractivity contribution is -0.151. The smallest absolute Gasteiger partial charge is 0.325 e. The second kappa shape index (κ2) is 9.73. The predicted octanol–water partition coefficient (Wildman–Crippen LogP) is 4.05. The number of halogens is 1. The van der Waals surface area contributed by atoms with Crippen molar-refractivity contribution >= 4 is 50.8 Å². The molecule has 2 aromatic carbocycles. The van der Waals surface area contributed by atoms with Gasteiger partial charge in [-0.05, 0) is 18.6 Å². The molecule has 156 valence electrons. The molecule has 3 rings (SSSR count). The van der Waals surface area contributed by atoms with Crippen molar-refractivity contribution in [2.75, 3.05) is 20.2 Å². The summed E-state index contributed by atoms with van der Waals surface area (Å²) in [6.45, 7) is 1.14. The maximum Gasteiger partial charge on any atom is 0.325 e. The minimum Gasteiger partial charge on any atom is -0.454 e. The zero-order valence-electron chi connectivity index (χ0n) is 16.6. The van der Waals surface area contributed by atoms with Gasteiger partial charge in [0.2, 0.25) is 0 Å². The van der Waals surface area contributed by atoms with Crippen LogP contribution in [0.5, 0.6) is 0 Å². The van der Waals surface area contributed by atoms with Gasteiger partial charge in [0.1, 0.15) is 11.4 Å². The summed E-state index contributed by atoms with van der Waals surface area (Å²) in [7, 11) is 1.65. The molecule has 1 unspecified atom stereocenters. The van der Waals surface area contributed by atoms with E-state index in [0.717, 1.165) is 15.6 Å². The molecule has 0 spiro atoms. The average molecular weight is 445 g/mol. The largest absolute Gasteiger partial charge is 0.454 e. The van der Waals surface area contributed by atoms with Crippen LogP contribution in [0, 0.1) is 0 Å². The summed E-state index contributed by atoms with van der Waals surface area (Å²) in [4.78, 5) is 38.5. The number of nitrogens with zero attached hydrogens (tertiary/aromatic N) is 1. The van der Waals surface area contributed by atoms with Crippen molar-refractivity contribution in [3.05, 3.63) is 70.1 Å². The Hall–Kier alpha value is -2.90. The Kier molecular flexibility index (Phi) is 7.07. The van der Waals surface area contributed by atoms with Crippen LogP contribution in [0.3, 0.4) is 0 Å². The number of amides is 2. The van der Waals surface area contributed by atoms with Gasteiger partial charge in [-0.1, -0.05) is 60.1 Å². The van der Waals surface area contributed by atoms with E-state index in [2.05, 4.69) is 5.32 Å². The Labute approximate surface area is 183 Å². The van der Waals surface area contributed by atoms with E-state index in [1.807, 2.05) is 61.5 Å². The maximum atomic E-state index is 12.4. The van der Waals surface area contributed by atoms with Crippen molar-refractivity contribution in [1.82, 2.24) is 10.2 Å². The third-order valence-corrected chi connectivity index (χ3v) is 6.42. The number of fused-ring (bicyclic) bond motifs is 1. The molecular formula is C22H21ClN2O4S. The number of carbonyl (C=O) groups excluding carboxylic acids is 3. The summed E-state index contributed by atoms with van der Waals surface area (Å²) in [5, 5.41) is 3.63. The number of esters is 1. The van der Waals surface area contributed by atoms with Gasteiger partial charge < -0.3 is 15.0 Å². The van der Waals surface area contributed by atoms with Crippen molar-refractivity contribution in [2.24, 2.45) is 0 Å². The lowest BCUT2D eigenvalue weighted by atomic mass is 10.1. The first-order valence-electron chi connectivity index (χ1n) is 9.30. The van der Waals surface area contributed by atoms with Crippen LogP contribution in [0.1, 0.15) is 28.2 Å². The third-order valence-electron chi connectivity index (χ3n) is 4.75. The molecule has 3 aromatic rings. The highest BCUT2D eigenvalue weighted by Crippen LogP contribution is 2.34. The number of benzene rings is 2. The zero-order chi connectivity index (χ0) is 21.7. The summed E-state index contributed by atoms with van der Waals surface area (Å²) in [5.41, 5.74) is 0.979. The molecule has 0 radical (unpaired) electrons. The van der Waals surface area contributed by atoms with Crippen LogP contribution in [0.2, 0.25) is 5.02 Å². The minimum absolute atomic E-state index is 0.160. The summed E-state index contributed by atoms with van der Waals surface area (Å²) in [6, 6.07) is 16.8. The van der Waals surface area contributed by atoms with Crippen molar-refractivity contribution < 1.29 is 19.1 Å². The molecule has 1 N–H and O–H groups in total. The number of thiophene rings is 1. The number of rotatable bonds is 7. The van der Waals surface area contributed by atoms with Gasteiger partial charge in [0.15, 0.2) is 6.61 Å². The van der Waals surface area contributed by atoms with Crippen molar-refractivity contribution in [3.63, 3.8) is 0 Å².